The molecule has 2 aliphatic rings. The van der Waals surface area contributed by atoms with Crippen LogP contribution >= 0.6 is 0 Å². The summed E-state index contributed by atoms with van der Waals surface area (Å²) in [6.45, 7) is 1.55. The minimum absolute atomic E-state index is 0.0911. The van der Waals surface area contributed by atoms with Gasteiger partial charge in [-0.2, -0.15) is 0 Å². The lowest BCUT2D eigenvalue weighted by atomic mass is 9.73. The molecule has 7 heteroatoms. The van der Waals surface area contributed by atoms with Gasteiger partial charge in [0.15, 0.2) is 0 Å². The van der Waals surface area contributed by atoms with Gasteiger partial charge in [-0.05, 0) is 55.7 Å². The molecule has 1 heterocycles. The summed E-state index contributed by atoms with van der Waals surface area (Å²) in [5.41, 5.74) is 2.86. The molecule has 1 saturated heterocycles. The first-order chi connectivity index (χ1) is 12.7. The second-order valence-electron chi connectivity index (χ2n) is 7.73. The second kappa shape index (κ2) is 7.85. The molecule has 5 N–H and O–H groups in total. The van der Waals surface area contributed by atoms with Crippen LogP contribution in [-0.4, -0.2) is 61.7 Å². The molecule has 6 atom stereocenters. The summed E-state index contributed by atoms with van der Waals surface area (Å²) in [5, 5.41) is 50.6. The fraction of sp³-hybridized carbons (Fsp3) is 0.650. The normalized spacial score (nSPS) is 36.3. The van der Waals surface area contributed by atoms with Crippen molar-refractivity contribution in [2.45, 2.75) is 81.6 Å². The Morgan fingerprint density at radius 3 is 2.70 bits per heavy atom. The molecule has 1 unspecified atom stereocenters. The van der Waals surface area contributed by atoms with E-state index in [2.05, 4.69) is 0 Å². The number of hydrogen-bond donors (Lipinski definition) is 5. The predicted octanol–water partition coefficient (Wildman–Crippen LogP) is 0.704. The van der Waals surface area contributed by atoms with Crippen molar-refractivity contribution < 1.29 is 35.1 Å². The van der Waals surface area contributed by atoms with Crippen molar-refractivity contribution in [1.29, 1.82) is 0 Å². The van der Waals surface area contributed by atoms with Crippen LogP contribution in [0.1, 0.15) is 55.2 Å². The Kier molecular flexibility index (Phi) is 5.88. The molecule has 3 rings (SSSR count). The number of hydrogen-bond acceptors (Lipinski definition) is 6. The first-order valence-electron chi connectivity index (χ1n) is 9.52. The lowest BCUT2D eigenvalue weighted by molar-refractivity contribution is -0.352. The lowest BCUT2D eigenvalue weighted by Crippen LogP contribution is -2.66. The third-order valence-electron chi connectivity index (χ3n) is 5.83. The van der Waals surface area contributed by atoms with E-state index < -0.39 is 42.1 Å². The fourth-order valence-corrected chi connectivity index (χ4v) is 4.31. The molecule has 1 aromatic rings. The van der Waals surface area contributed by atoms with E-state index in [1.165, 1.54) is 0 Å². The highest BCUT2D eigenvalue weighted by molar-refractivity contribution is 5.66. The number of aliphatic hydroxyl groups excluding tert-OH is 3. The SMILES string of the molecule is C[C@@H]1O[C@](O)(C2CCCc3ccc(CCCC(=O)O)cc32)[C@@H](O)[C@H](O)[C@@H]1O. The fourth-order valence-electron chi connectivity index (χ4n) is 4.31. The Labute approximate surface area is 158 Å². The molecule has 1 fully saturated rings. The van der Waals surface area contributed by atoms with Crippen LogP contribution in [0.25, 0.3) is 0 Å². The Hall–Kier alpha value is -1.51. The summed E-state index contributed by atoms with van der Waals surface area (Å²) in [7, 11) is 0. The van der Waals surface area contributed by atoms with Gasteiger partial charge in [0.25, 0.3) is 0 Å². The van der Waals surface area contributed by atoms with Crippen molar-refractivity contribution >= 4 is 5.97 Å². The van der Waals surface area contributed by atoms with Crippen LogP contribution in [0.5, 0.6) is 0 Å². The molecule has 0 spiro atoms. The molecule has 150 valence electrons. The van der Waals surface area contributed by atoms with Gasteiger partial charge in [0, 0.05) is 12.3 Å². The number of carboxylic acid groups (broad SMARTS) is 1. The highest BCUT2D eigenvalue weighted by Gasteiger charge is 2.56. The van der Waals surface area contributed by atoms with Gasteiger partial charge in [-0.1, -0.05) is 18.2 Å². The topological polar surface area (TPSA) is 127 Å². The van der Waals surface area contributed by atoms with Crippen LogP contribution in [-0.2, 0) is 22.4 Å². The molecule has 1 aromatic carbocycles. The first-order valence-corrected chi connectivity index (χ1v) is 9.52. The number of carboxylic acids is 1. The molecule has 0 radical (unpaired) electrons. The maximum absolute atomic E-state index is 11.2. The van der Waals surface area contributed by atoms with Gasteiger partial charge in [0.1, 0.15) is 18.3 Å². The molecule has 0 aromatic heterocycles. The highest BCUT2D eigenvalue weighted by Crippen LogP contribution is 2.45. The summed E-state index contributed by atoms with van der Waals surface area (Å²) >= 11 is 0. The van der Waals surface area contributed by atoms with Crippen LogP contribution in [0.15, 0.2) is 18.2 Å². The Morgan fingerprint density at radius 2 is 2.00 bits per heavy atom. The van der Waals surface area contributed by atoms with Gasteiger partial charge in [0.2, 0.25) is 5.79 Å². The summed E-state index contributed by atoms with van der Waals surface area (Å²) in [6, 6.07) is 5.88. The van der Waals surface area contributed by atoms with Crippen LogP contribution in [0.3, 0.4) is 0 Å². The van der Waals surface area contributed by atoms with E-state index in [0.717, 1.165) is 29.5 Å². The Bertz CT molecular complexity index is 691. The van der Waals surface area contributed by atoms with Crippen molar-refractivity contribution in [1.82, 2.24) is 0 Å². The van der Waals surface area contributed by atoms with E-state index in [4.69, 9.17) is 9.84 Å². The van der Waals surface area contributed by atoms with Crippen LogP contribution in [0, 0.1) is 0 Å². The quantitative estimate of drug-likeness (QED) is 0.509. The monoisotopic (exact) mass is 380 g/mol. The van der Waals surface area contributed by atoms with E-state index in [1.807, 2.05) is 18.2 Å². The summed E-state index contributed by atoms with van der Waals surface area (Å²) in [5.74, 6) is -3.37. The predicted molar refractivity (Wildman–Crippen MR) is 96.2 cm³/mol. The van der Waals surface area contributed by atoms with Crippen molar-refractivity contribution in [2.75, 3.05) is 0 Å². The molecule has 27 heavy (non-hydrogen) atoms. The van der Waals surface area contributed by atoms with Crippen LogP contribution in [0.4, 0.5) is 0 Å². The maximum atomic E-state index is 11.2. The Morgan fingerprint density at radius 1 is 1.26 bits per heavy atom. The van der Waals surface area contributed by atoms with Crippen molar-refractivity contribution in [3.8, 4) is 0 Å². The molecule has 0 bridgehead atoms. The number of aliphatic carboxylic acids is 1. The van der Waals surface area contributed by atoms with E-state index >= 15 is 0 Å². The molecular formula is C20H28O7. The van der Waals surface area contributed by atoms with E-state index in [0.29, 0.717) is 19.3 Å². The van der Waals surface area contributed by atoms with E-state index in [-0.39, 0.29) is 6.42 Å². The first kappa shape index (κ1) is 20.2. The number of aryl methyl sites for hydroxylation is 2. The minimum atomic E-state index is -1.99. The average molecular weight is 380 g/mol. The second-order valence-corrected chi connectivity index (χ2v) is 7.73. The number of ether oxygens (including phenoxy) is 1. The van der Waals surface area contributed by atoms with Gasteiger partial charge in [0.05, 0.1) is 6.10 Å². The number of aliphatic hydroxyl groups is 4. The van der Waals surface area contributed by atoms with Crippen molar-refractivity contribution in [3.63, 3.8) is 0 Å². The number of benzene rings is 1. The van der Waals surface area contributed by atoms with Gasteiger partial charge >= 0.3 is 5.97 Å². The highest BCUT2D eigenvalue weighted by atomic mass is 16.7. The molecule has 0 saturated carbocycles. The third kappa shape index (κ3) is 3.88. The van der Waals surface area contributed by atoms with Crippen molar-refractivity contribution in [3.05, 3.63) is 34.9 Å². The average Bonchev–Trinajstić information content (AvgIpc) is 2.64. The minimum Gasteiger partial charge on any atom is -0.481 e. The molecule has 1 aliphatic heterocycles. The van der Waals surface area contributed by atoms with Crippen molar-refractivity contribution in [2.24, 2.45) is 0 Å². The van der Waals surface area contributed by atoms with E-state index in [1.54, 1.807) is 6.92 Å². The molecule has 1 aliphatic carbocycles. The summed E-state index contributed by atoms with van der Waals surface area (Å²) in [6.07, 6.45) is -1.78. The van der Waals surface area contributed by atoms with Gasteiger partial charge in [-0.3, -0.25) is 4.79 Å². The standard InChI is InChI=1S/C20H28O7/c1-11-17(23)18(24)19(25)20(26,27-11)15-6-3-5-13-9-8-12(10-14(13)15)4-2-7-16(21)22/h8-11,15,17-19,23-26H,2-7H2,1H3,(H,21,22)/t11-,15?,17+,18+,19-,20+/m0/s1. The number of carbonyl (C=O) groups is 1. The summed E-state index contributed by atoms with van der Waals surface area (Å²) < 4.78 is 5.64. The zero-order valence-corrected chi connectivity index (χ0v) is 15.4. The lowest BCUT2D eigenvalue weighted by Gasteiger charge is -2.49. The van der Waals surface area contributed by atoms with E-state index in [9.17, 15) is 25.2 Å². The number of rotatable bonds is 5. The van der Waals surface area contributed by atoms with Crippen LogP contribution < -0.4 is 0 Å². The van der Waals surface area contributed by atoms with Crippen LogP contribution in [0.2, 0.25) is 0 Å². The maximum Gasteiger partial charge on any atom is 0.303 e. The summed E-state index contributed by atoms with van der Waals surface area (Å²) in [4.78, 5) is 10.7. The zero-order chi connectivity index (χ0) is 19.8. The smallest absolute Gasteiger partial charge is 0.303 e. The molecule has 0 amide bonds. The number of fused-ring (bicyclic) bond motifs is 1. The molecule has 7 nitrogen and oxygen atoms in total. The zero-order valence-electron chi connectivity index (χ0n) is 15.4. The van der Waals surface area contributed by atoms with Gasteiger partial charge in [-0.15, -0.1) is 0 Å². The Balaban J connectivity index is 1.89. The largest absolute Gasteiger partial charge is 0.481 e. The molecular weight excluding hydrogens is 352 g/mol. The van der Waals surface area contributed by atoms with Gasteiger partial charge in [-0.25, -0.2) is 0 Å². The van der Waals surface area contributed by atoms with Gasteiger partial charge < -0.3 is 30.3 Å². The third-order valence-corrected chi connectivity index (χ3v) is 5.83.